The van der Waals surface area contributed by atoms with Crippen LogP contribution in [0.2, 0.25) is 0 Å². The number of para-hydroxylation sites is 1. The molecule has 2 nitrogen and oxygen atoms in total. The molecular weight excluding hydrogens is 318 g/mol. The Hall–Kier alpha value is -3.52. The van der Waals surface area contributed by atoms with E-state index in [1.54, 1.807) is 0 Å². The van der Waals surface area contributed by atoms with Gasteiger partial charge in [-0.25, -0.2) is 0 Å². The number of benzene rings is 4. The Bertz CT molecular complexity index is 1220. The maximum Gasteiger partial charge on any atom is 0.158 e. The minimum Gasteiger partial charge on any atom is -0.453 e. The van der Waals surface area contributed by atoms with Gasteiger partial charge < -0.3 is 10.2 Å². The van der Waals surface area contributed by atoms with E-state index in [0.717, 1.165) is 44.2 Å². The van der Waals surface area contributed by atoms with Gasteiger partial charge in [0.1, 0.15) is 5.58 Å². The Morgan fingerprint density at radius 1 is 0.538 bits per heavy atom. The van der Waals surface area contributed by atoms with Crippen LogP contribution in [0.25, 0.3) is 44.2 Å². The molecule has 1 heterocycles. The zero-order chi connectivity index (χ0) is 17.5. The third-order valence-corrected chi connectivity index (χ3v) is 4.82. The average Bonchev–Trinajstić information content (AvgIpc) is 3.09. The van der Waals surface area contributed by atoms with Crippen LogP contribution in [0.15, 0.2) is 95.4 Å². The highest BCUT2D eigenvalue weighted by Gasteiger charge is 2.15. The van der Waals surface area contributed by atoms with E-state index in [4.69, 9.17) is 10.2 Å². The summed E-state index contributed by atoms with van der Waals surface area (Å²) in [6.07, 6.45) is 0. The van der Waals surface area contributed by atoms with Crippen molar-refractivity contribution in [2.45, 2.75) is 0 Å². The number of furan rings is 1. The van der Waals surface area contributed by atoms with E-state index in [2.05, 4.69) is 48.5 Å². The van der Waals surface area contributed by atoms with Crippen molar-refractivity contribution in [3.8, 4) is 22.3 Å². The fourth-order valence-electron chi connectivity index (χ4n) is 3.57. The van der Waals surface area contributed by atoms with Crippen LogP contribution >= 0.6 is 0 Å². The Morgan fingerprint density at radius 3 is 1.96 bits per heavy atom. The van der Waals surface area contributed by atoms with E-state index in [-0.39, 0.29) is 0 Å². The molecule has 0 aliphatic rings. The van der Waals surface area contributed by atoms with Gasteiger partial charge in [0.2, 0.25) is 0 Å². The van der Waals surface area contributed by atoms with Gasteiger partial charge in [0.25, 0.3) is 0 Å². The third kappa shape index (κ3) is 2.27. The second-order valence-electron chi connectivity index (χ2n) is 6.46. The number of rotatable bonds is 2. The van der Waals surface area contributed by atoms with Gasteiger partial charge in [-0.3, -0.25) is 0 Å². The third-order valence-electron chi connectivity index (χ3n) is 4.82. The van der Waals surface area contributed by atoms with E-state index in [1.165, 1.54) is 0 Å². The molecule has 0 spiro atoms. The SMILES string of the molecule is Nc1cc(-c2ccccc2)cc2c1oc1c(-c3ccccc3)cccc12. The van der Waals surface area contributed by atoms with E-state index in [9.17, 15) is 0 Å². The predicted octanol–water partition coefficient (Wildman–Crippen LogP) is 6.50. The lowest BCUT2D eigenvalue weighted by Gasteiger charge is -2.04. The maximum absolute atomic E-state index is 6.35. The van der Waals surface area contributed by atoms with E-state index in [0.29, 0.717) is 5.69 Å². The van der Waals surface area contributed by atoms with Crippen molar-refractivity contribution in [3.63, 3.8) is 0 Å². The number of fused-ring (bicyclic) bond motifs is 3. The van der Waals surface area contributed by atoms with Crippen LogP contribution in [0.5, 0.6) is 0 Å². The lowest BCUT2D eigenvalue weighted by Crippen LogP contribution is -1.87. The number of hydrogen-bond donors (Lipinski definition) is 1. The minimum absolute atomic E-state index is 0.663. The maximum atomic E-state index is 6.35. The van der Waals surface area contributed by atoms with Crippen LogP contribution < -0.4 is 5.73 Å². The second kappa shape index (κ2) is 5.78. The molecular formula is C24H17NO. The summed E-state index contributed by atoms with van der Waals surface area (Å²) in [5.41, 5.74) is 13.1. The molecule has 0 saturated carbocycles. The molecule has 0 aliphatic carbocycles. The van der Waals surface area contributed by atoms with Gasteiger partial charge in [-0.15, -0.1) is 0 Å². The topological polar surface area (TPSA) is 39.2 Å². The lowest BCUT2D eigenvalue weighted by atomic mass is 9.99. The zero-order valence-corrected chi connectivity index (χ0v) is 14.1. The summed E-state index contributed by atoms with van der Waals surface area (Å²) in [5.74, 6) is 0. The predicted molar refractivity (Wildman–Crippen MR) is 109 cm³/mol. The van der Waals surface area contributed by atoms with Gasteiger partial charge in [-0.1, -0.05) is 78.9 Å². The summed E-state index contributed by atoms with van der Waals surface area (Å²) in [5, 5.41) is 2.14. The molecule has 4 aromatic carbocycles. The van der Waals surface area contributed by atoms with Crippen molar-refractivity contribution >= 4 is 27.6 Å². The Kier molecular flexibility index (Phi) is 3.29. The number of nitrogens with two attached hydrogens (primary N) is 1. The number of hydrogen-bond acceptors (Lipinski definition) is 2. The van der Waals surface area contributed by atoms with Crippen LogP contribution in [0.4, 0.5) is 5.69 Å². The van der Waals surface area contributed by atoms with E-state index < -0.39 is 0 Å². The molecule has 5 aromatic rings. The van der Waals surface area contributed by atoms with Gasteiger partial charge in [-0.2, -0.15) is 0 Å². The fourth-order valence-corrected chi connectivity index (χ4v) is 3.57. The Balaban J connectivity index is 1.82. The first kappa shape index (κ1) is 14.8. The molecule has 2 N–H and O–H groups in total. The first-order valence-corrected chi connectivity index (χ1v) is 8.67. The smallest absolute Gasteiger partial charge is 0.158 e. The molecule has 2 heteroatoms. The van der Waals surface area contributed by atoms with Gasteiger partial charge in [0.15, 0.2) is 5.58 Å². The Labute approximate surface area is 151 Å². The standard InChI is InChI=1S/C24H17NO/c25-22-15-18(16-8-3-1-4-9-16)14-21-20-13-7-12-19(23(20)26-24(21)22)17-10-5-2-6-11-17/h1-15H,25H2. The van der Waals surface area contributed by atoms with Crippen LogP contribution in [0.3, 0.4) is 0 Å². The van der Waals surface area contributed by atoms with Crippen molar-refractivity contribution in [1.82, 2.24) is 0 Å². The quantitative estimate of drug-likeness (QED) is 0.374. The van der Waals surface area contributed by atoms with Crippen LogP contribution in [-0.2, 0) is 0 Å². The molecule has 0 amide bonds. The van der Waals surface area contributed by atoms with Crippen molar-refractivity contribution in [3.05, 3.63) is 91.0 Å². The fraction of sp³-hybridized carbons (Fsp3) is 0. The molecule has 1 aromatic heterocycles. The first-order chi connectivity index (χ1) is 12.8. The second-order valence-corrected chi connectivity index (χ2v) is 6.46. The Morgan fingerprint density at radius 2 is 1.23 bits per heavy atom. The minimum atomic E-state index is 0.663. The van der Waals surface area contributed by atoms with Crippen molar-refractivity contribution in [2.24, 2.45) is 0 Å². The highest BCUT2D eigenvalue weighted by Crippen LogP contribution is 2.39. The summed E-state index contributed by atoms with van der Waals surface area (Å²) in [6, 6.07) is 31.0. The average molecular weight is 335 g/mol. The molecule has 0 atom stereocenters. The first-order valence-electron chi connectivity index (χ1n) is 8.67. The molecule has 0 radical (unpaired) electrons. The highest BCUT2D eigenvalue weighted by atomic mass is 16.3. The molecule has 0 fully saturated rings. The van der Waals surface area contributed by atoms with Crippen molar-refractivity contribution < 1.29 is 4.42 Å². The number of anilines is 1. The molecule has 5 rings (SSSR count). The van der Waals surface area contributed by atoms with Gasteiger partial charge in [-0.05, 0) is 28.8 Å². The van der Waals surface area contributed by atoms with Gasteiger partial charge in [0.05, 0.1) is 5.69 Å². The number of nitrogen functional groups attached to an aromatic ring is 1. The summed E-state index contributed by atoms with van der Waals surface area (Å²) < 4.78 is 6.23. The van der Waals surface area contributed by atoms with E-state index >= 15 is 0 Å². The molecule has 26 heavy (non-hydrogen) atoms. The summed E-state index contributed by atoms with van der Waals surface area (Å²) in [4.78, 5) is 0. The normalized spacial score (nSPS) is 11.2. The van der Waals surface area contributed by atoms with Crippen molar-refractivity contribution in [2.75, 3.05) is 5.73 Å². The highest BCUT2D eigenvalue weighted by molar-refractivity contribution is 6.13. The molecule has 0 aliphatic heterocycles. The zero-order valence-electron chi connectivity index (χ0n) is 14.1. The van der Waals surface area contributed by atoms with Gasteiger partial charge in [0, 0.05) is 16.3 Å². The van der Waals surface area contributed by atoms with Crippen LogP contribution in [0.1, 0.15) is 0 Å². The summed E-state index contributed by atoms with van der Waals surface area (Å²) in [6.45, 7) is 0. The van der Waals surface area contributed by atoms with Crippen LogP contribution in [-0.4, -0.2) is 0 Å². The summed E-state index contributed by atoms with van der Waals surface area (Å²) in [7, 11) is 0. The summed E-state index contributed by atoms with van der Waals surface area (Å²) >= 11 is 0. The monoisotopic (exact) mass is 335 g/mol. The largest absolute Gasteiger partial charge is 0.453 e. The molecule has 0 bridgehead atoms. The molecule has 124 valence electrons. The van der Waals surface area contributed by atoms with E-state index in [1.807, 2.05) is 42.5 Å². The molecule has 0 saturated heterocycles. The molecule has 0 unspecified atom stereocenters. The van der Waals surface area contributed by atoms with Crippen molar-refractivity contribution in [1.29, 1.82) is 0 Å². The van der Waals surface area contributed by atoms with Crippen LogP contribution in [0, 0.1) is 0 Å². The lowest BCUT2D eigenvalue weighted by molar-refractivity contribution is 0.671. The van der Waals surface area contributed by atoms with Gasteiger partial charge >= 0.3 is 0 Å².